The molecule has 106 valence electrons. The number of hydrogen-bond acceptors (Lipinski definition) is 5. The molecule has 1 saturated carbocycles. The van der Waals surface area contributed by atoms with Gasteiger partial charge in [-0.25, -0.2) is 13.6 Å². The van der Waals surface area contributed by atoms with Crippen molar-refractivity contribution in [3.8, 4) is 0 Å². The van der Waals surface area contributed by atoms with Gasteiger partial charge in [-0.2, -0.15) is 0 Å². The highest BCUT2D eigenvalue weighted by atomic mass is 32.1. The van der Waals surface area contributed by atoms with E-state index in [0.29, 0.717) is 15.6 Å². The standard InChI is InChI=1S/C12H16F2N2O2S/c1-2-18-12(17)10-9(15)8(6-3-4-6)11(19-10)16-5-7(13)14/h6-7,16H,2-5,15H2,1H3. The molecule has 19 heavy (non-hydrogen) atoms. The number of hydrogen-bond donors (Lipinski definition) is 2. The summed E-state index contributed by atoms with van der Waals surface area (Å²) >= 11 is 1.10. The van der Waals surface area contributed by atoms with Crippen molar-refractivity contribution in [1.29, 1.82) is 0 Å². The number of nitrogen functional groups attached to an aromatic ring is 1. The number of carbonyl (C=O) groups excluding carboxylic acids is 1. The molecule has 0 bridgehead atoms. The van der Waals surface area contributed by atoms with Crippen LogP contribution in [0, 0.1) is 0 Å². The summed E-state index contributed by atoms with van der Waals surface area (Å²) in [6.07, 6.45) is -0.486. The van der Waals surface area contributed by atoms with Crippen molar-refractivity contribution < 1.29 is 18.3 Å². The summed E-state index contributed by atoms with van der Waals surface area (Å²) in [4.78, 5) is 12.1. The van der Waals surface area contributed by atoms with Crippen LogP contribution in [0.25, 0.3) is 0 Å². The van der Waals surface area contributed by atoms with E-state index >= 15 is 0 Å². The van der Waals surface area contributed by atoms with Crippen LogP contribution < -0.4 is 11.1 Å². The maximum Gasteiger partial charge on any atom is 0.350 e. The van der Waals surface area contributed by atoms with Crippen molar-refractivity contribution in [2.24, 2.45) is 0 Å². The Kier molecular flexibility index (Phi) is 4.24. The Morgan fingerprint density at radius 3 is 2.79 bits per heavy atom. The topological polar surface area (TPSA) is 64.3 Å². The fraction of sp³-hybridized carbons (Fsp3) is 0.583. The van der Waals surface area contributed by atoms with Crippen LogP contribution in [0.5, 0.6) is 0 Å². The maximum absolute atomic E-state index is 12.3. The molecular weight excluding hydrogens is 274 g/mol. The van der Waals surface area contributed by atoms with Gasteiger partial charge in [0.15, 0.2) is 0 Å². The lowest BCUT2D eigenvalue weighted by Gasteiger charge is -2.06. The van der Waals surface area contributed by atoms with Crippen LogP contribution >= 0.6 is 11.3 Å². The van der Waals surface area contributed by atoms with Gasteiger partial charge in [0.25, 0.3) is 6.43 Å². The van der Waals surface area contributed by atoms with Gasteiger partial charge >= 0.3 is 5.97 Å². The minimum absolute atomic E-state index is 0.259. The lowest BCUT2D eigenvalue weighted by atomic mass is 10.1. The van der Waals surface area contributed by atoms with E-state index in [1.807, 2.05) is 0 Å². The van der Waals surface area contributed by atoms with Gasteiger partial charge in [0.2, 0.25) is 0 Å². The predicted octanol–water partition coefficient (Wildman–Crippen LogP) is 3.06. The molecule has 1 fully saturated rings. The molecule has 1 aliphatic rings. The number of nitrogens with one attached hydrogen (secondary N) is 1. The molecule has 1 heterocycles. The quantitative estimate of drug-likeness (QED) is 0.790. The van der Waals surface area contributed by atoms with Crippen molar-refractivity contribution in [2.45, 2.75) is 32.1 Å². The van der Waals surface area contributed by atoms with Crippen LogP contribution in [0.15, 0.2) is 0 Å². The van der Waals surface area contributed by atoms with Crippen molar-refractivity contribution in [2.75, 3.05) is 24.2 Å². The van der Waals surface area contributed by atoms with Gasteiger partial charge < -0.3 is 15.8 Å². The Balaban J connectivity index is 2.25. The van der Waals surface area contributed by atoms with Crippen molar-refractivity contribution in [1.82, 2.24) is 0 Å². The maximum atomic E-state index is 12.3. The summed E-state index contributed by atoms with van der Waals surface area (Å²) in [5.74, 6) is -0.211. The van der Waals surface area contributed by atoms with Crippen molar-refractivity contribution >= 4 is 28.0 Å². The number of nitrogens with two attached hydrogens (primary N) is 1. The third kappa shape index (κ3) is 3.15. The smallest absolute Gasteiger partial charge is 0.350 e. The fourth-order valence-corrected chi connectivity index (χ4v) is 2.99. The van der Waals surface area contributed by atoms with Gasteiger partial charge in [0, 0.05) is 5.56 Å². The number of carbonyl (C=O) groups is 1. The van der Waals surface area contributed by atoms with Crippen LogP contribution in [0.1, 0.15) is 40.9 Å². The van der Waals surface area contributed by atoms with Gasteiger partial charge in [0.05, 0.1) is 23.8 Å². The first-order valence-electron chi connectivity index (χ1n) is 6.15. The molecule has 3 N–H and O–H groups in total. The molecule has 1 aromatic rings. The van der Waals surface area contributed by atoms with E-state index in [2.05, 4.69) is 5.32 Å². The van der Waals surface area contributed by atoms with Crippen LogP contribution in [-0.2, 0) is 4.74 Å². The third-order valence-corrected chi connectivity index (χ3v) is 4.01. The highest BCUT2D eigenvalue weighted by Crippen LogP contribution is 2.50. The van der Waals surface area contributed by atoms with Crippen LogP contribution in [0.4, 0.5) is 19.5 Å². The zero-order valence-electron chi connectivity index (χ0n) is 10.5. The van der Waals surface area contributed by atoms with Gasteiger partial charge in [-0.15, -0.1) is 11.3 Å². The second kappa shape index (κ2) is 5.73. The normalized spacial score (nSPS) is 14.7. The summed E-state index contributed by atoms with van der Waals surface area (Å²) in [6.45, 7) is 1.52. The van der Waals surface area contributed by atoms with E-state index in [9.17, 15) is 13.6 Å². The average Bonchev–Trinajstić information content (AvgIpc) is 3.11. The van der Waals surface area contributed by atoms with Crippen molar-refractivity contribution in [3.05, 3.63) is 10.4 Å². The SMILES string of the molecule is CCOC(=O)c1sc(NCC(F)F)c(C2CC2)c1N. The molecule has 0 spiro atoms. The second-order valence-electron chi connectivity index (χ2n) is 4.35. The molecule has 1 aliphatic carbocycles. The first kappa shape index (κ1) is 14.0. The minimum atomic E-state index is -2.44. The van der Waals surface area contributed by atoms with E-state index in [4.69, 9.17) is 10.5 Å². The number of alkyl halides is 2. The molecule has 1 aromatic heterocycles. The number of anilines is 2. The highest BCUT2D eigenvalue weighted by molar-refractivity contribution is 7.18. The number of thiophene rings is 1. The number of halogens is 2. The molecule has 0 amide bonds. The molecular formula is C12H16F2N2O2S. The molecule has 0 saturated heterocycles. The minimum Gasteiger partial charge on any atom is -0.462 e. The Bertz CT molecular complexity index is 473. The number of esters is 1. The Morgan fingerprint density at radius 2 is 2.26 bits per heavy atom. The van der Waals surface area contributed by atoms with E-state index < -0.39 is 18.9 Å². The second-order valence-corrected chi connectivity index (χ2v) is 5.38. The summed E-state index contributed by atoms with van der Waals surface area (Å²) in [5, 5.41) is 3.25. The van der Waals surface area contributed by atoms with Gasteiger partial charge in [-0.1, -0.05) is 0 Å². The largest absolute Gasteiger partial charge is 0.462 e. The molecule has 0 atom stereocenters. The molecule has 2 rings (SSSR count). The van der Waals surface area contributed by atoms with E-state index in [1.165, 1.54) is 0 Å². The van der Waals surface area contributed by atoms with E-state index in [1.54, 1.807) is 6.92 Å². The summed E-state index contributed by atoms with van der Waals surface area (Å²) in [5.41, 5.74) is 7.14. The van der Waals surface area contributed by atoms with Gasteiger partial charge in [-0.05, 0) is 25.7 Å². The molecule has 0 aromatic carbocycles. The molecule has 4 nitrogen and oxygen atoms in total. The van der Waals surface area contributed by atoms with Crippen LogP contribution in [0.2, 0.25) is 0 Å². The van der Waals surface area contributed by atoms with Crippen LogP contribution in [0.3, 0.4) is 0 Å². The molecule has 0 aliphatic heterocycles. The lowest BCUT2D eigenvalue weighted by Crippen LogP contribution is -2.10. The van der Waals surface area contributed by atoms with Gasteiger partial charge in [-0.3, -0.25) is 0 Å². The Morgan fingerprint density at radius 1 is 1.58 bits per heavy atom. The number of ether oxygens (including phenoxy) is 1. The number of rotatable bonds is 6. The zero-order valence-corrected chi connectivity index (χ0v) is 11.4. The molecule has 0 unspecified atom stereocenters. The van der Waals surface area contributed by atoms with E-state index in [-0.39, 0.29) is 12.5 Å². The Hall–Kier alpha value is -1.37. The monoisotopic (exact) mass is 290 g/mol. The lowest BCUT2D eigenvalue weighted by molar-refractivity contribution is 0.0533. The third-order valence-electron chi connectivity index (χ3n) is 2.85. The zero-order chi connectivity index (χ0) is 14.0. The summed E-state index contributed by atoms with van der Waals surface area (Å²) in [7, 11) is 0. The first-order chi connectivity index (χ1) is 9.04. The van der Waals surface area contributed by atoms with Crippen LogP contribution in [-0.4, -0.2) is 25.5 Å². The molecule has 7 heteroatoms. The van der Waals surface area contributed by atoms with E-state index in [0.717, 1.165) is 29.7 Å². The first-order valence-corrected chi connectivity index (χ1v) is 6.97. The average molecular weight is 290 g/mol. The Labute approximate surface area is 113 Å². The van der Waals surface area contributed by atoms with Crippen molar-refractivity contribution in [3.63, 3.8) is 0 Å². The fourth-order valence-electron chi connectivity index (χ4n) is 1.88. The van der Waals surface area contributed by atoms with Gasteiger partial charge in [0.1, 0.15) is 4.88 Å². The predicted molar refractivity (Wildman–Crippen MR) is 71.2 cm³/mol. The highest BCUT2D eigenvalue weighted by Gasteiger charge is 2.33. The summed E-state index contributed by atoms with van der Waals surface area (Å²) in [6, 6.07) is 0. The summed E-state index contributed by atoms with van der Waals surface area (Å²) < 4.78 is 29.5. The molecule has 0 radical (unpaired) electrons.